The Morgan fingerprint density at radius 3 is 3.18 bits per heavy atom. The molecule has 1 amide bonds. The molecule has 0 saturated carbocycles. The van der Waals surface area contributed by atoms with Gasteiger partial charge in [0.2, 0.25) is 0 Å². The summed E-state index contributed by atoms with van der Waals surface area (Å²) < 4.78 is 5.77. The number of aromatic nitrogens is 2. The molecule has 2 aromatic heterocycles. The lowest BCUT2D eigenvalue weighted by molar-refractivity contribution is -0.0247. The fraction of sp³-hybridized carbons (Fsp3) is 0.400. The number of rotatable bonds is 4. The summed E-state index contributed by atoms with van der Waals surface area (Å²) in [4.78, 5) is 22.2. The first-order valence-electron chi connectivity index (χ1n) is 7.22. The van der Waals surface area contributed by atoms with E-state index in [9.17, 15) is 4.79 Å². The van der Waals surface area contributed by atoms with Crippen molar-refractivity contribution in [3.8, 4) is 0 Å². The number of nitrogen functional groups attached to an aromatic ring is 1. The summed E-state index contributed by atoms with van der Waals surface area (Å²) in [6.07, 6.45) is 3.47. The number of nitrogens with zero attached hydrogens (tertiary/aromatic N) is 3. The quantitative estimate of drug-likeness (QED) is 0.926. The number of carbonyl (C=O) groups is 1. The lowest BCUT2D eigenvalue weighted by Crippen LogP contribution is -2.45. The van der Waals surface area contributed by atoms with Crippen LogP contribution in [-0.2, 0) is 11.2 Å². The van der Waals surface area contributed by atoms with E-state index in [-0.39, 0.29) is 12.0 Å². The van der Waals surface area contributed by atoms with Crippen LogP contribution in [0.1, 0.15) is 22.5 Å². The molecule has 0 bridgehead atoms. The van der Waals surface area contributed by atoms with Crippen LogP contribution in [0.4, 0.5) is 5.82 Å². The van der Waals surface area contributed by atoms with Crippen LogP contribution in [0.5, 0.6) is 0 Å². The highest BCUT2D eigenvalue weighted by Gasteiger charge is 2.25. The number of ether oxygens (including phenoxy) is 1. The molecule has 1 atom stereocenters. The molecule has 0 aliphatic carbocycles. The molecule has 1 aliphatic rings. The molecule has 3 rings (SSSR count). The van der Waals surface area contributed by atoms with Crippen LogP contribution in [0.3, 0.4) is 0 Å². The van der Waals surface area contributed by atoms with Gasteiger partial charge in [0.15, 0.2) is 0 Å². The van der Waals surface area contributed by atoms with Gasteiger partial charge in [-0.2, -0.15) is 0 Å². The highest BCUT2D eigenvalue weighted by atomic mass is 32.1. The van der Waals surface area contributed by atoms with E-state index in [0.29, 0.717) is 31.2 Å². The predicted octanol–water partition coefficient (Wildman–Crippen LogP) is 1.59. The molecule has 0 radical (unpaired) electrons. The SMILES string of the molecule is Nc1cc(CC[C@H]2CN(C(=O)c3cscn3)CCO2)ccn1. The van der Waals surface area contributed by atoms with Gasteiger partial charge in [-0.25, -0.2) is 9.97 Å². The molecule has 0 spiro atoms. The number of nitrogens with two attached hydrogens (primary N) is 1. The normalized spacial score (nSPS) is 18.4. The molecule has 0 aromatic carbocycles. The van der Waals surface area contributed by atoms with Crippen molar-refractivity contribution >= 4 is 23.1 Å². The van der Waals surface area contributed by atoms with Crippen molar-refractivity contribution in [3.63, 3.8) is 0 Å². The number of amides is 1. The van der Waals surface area contributed by atoms with E-state index in [0.717, 1.165) is 18.4 Å². The highest BCUT2D eigenvalue weighted by molar-refractivity contribution is 7.07. The number of aryl methyl sites for hydroxylation is 1. The van der Waals surface area contributed by atoms with Crippen molar-refractivity contribution in [1.29, 1.82) is 0 Å². The summed E-state index contributed by atoms with van der Waals surface area (Å²) >= 11 is 1.43. The minimum absolute atomic E-state index is 0.0114. The average Bonchev–Trinajstić information content (AvgIpc) is 3.07. The van der Waals surface area contributed by atoms with Gasteiger partial charge in [-0.1, -0.05) is 0 Å². The fourth-order valence-electron chi connectivity index (χ4n) is 2.54. The minimum Gasteiger partial charge on any atom is -0.384 e. The first kappa shape index (κ1) is 14.9. The van der Waals surface area contributed by atoms with Crippen molar-refractivity contribution in [3.05, 3.63) is 40.5 Å². The van der Waals surface area contributed by atoms with Crippen LogP contribution in [-0.4, -0.2) is 46.6 Å². The Hall–Kier alpha value is -1.99. The lowest BCUT2D eigenvalue weighted by Gasteiger charge is -2.32. The Morgan fingerprint density at radius 2 is 2.41 bits per heavy atom. The van der Waals surface area contributed by atoms with Crippen molar-refractivity contribution < 1.29 is 9.53 Å². The fourth-order valence-corrected chi connectivity index (χ4v) is 3.06. The van der Waals surface area contributed by atoms with Crippen molar-refractivity contribution in [2.24, 2.45) is 0 Å². The molecule has 1 aliphatic heterocycles. The first-order valence-corrected chi connectivity index (χ1v) is 8.16. The van der Waals surface area contributed by atoms with Crippen LogP contribution < -0.4 is 5.73 Å². The van der Waals surface area contributed by atoms with Gasteiger partial charge >= 0.3 is 0 Å². The second kappa shape index (κ2) is 6.85. The molecule has 22 heavy (non-hydrogen) atoms. The van der Waals surface area contributed by atoms with E-state index >= 15 is 0 Å². The monoisotopic (exact) mass is 318 g/mol. The summed E-state index contributed by atoms with van der Waals surface area (Å²) in [5.41, 5.74) is 9.02. The standard InChI is InChI=1S/C15H18N4O2S/c16-14-7-11(3-4-17-14)1-2-12-8-19(5-6-21-12)15(20)13-9-22-10-18-13/h3-4,7,9-10,12H,1-2,5-6,8H2,(H2,16,17)/t12-/m0/s1. The second-order valence-electron chi connectivity index (χ2n) is 5.25. The third-order valence-electron chi connectivity index (χ3n) is 3.68. The molecule has 1 fully saturated rings. The second-order valence-corrected chi connectivity index (χ2v) is 5.96. The van der Waals surface area contributed by atoms with Gasteiger partial charge in [-0.05, 0) is 30.5 Å². The largest absolute Gasteiger partial charge is 0.384 e. The smallest absolute Gasteiger partial charge is 0.273 e. The molecule has 2 aromatic rings. The van der Waals surface area contributed by atoms with E-state index in [1.165, 1.54) is 11.3 Å². The molecule has 2 N–H and O–H groups in total. The summed E-state index contributed by atoms with van der Waals surface area (Å²) in [5.74, 6) is 0.519. The third kappa shape index (κ3) is 3.61. The molecule has 0 unspecified atom stereocenters. The lowest BCUT2D eigenvalue weighted by atomic mass is 10.1. The van der Waals surface area contributed by atoms with E-state index in [2.05, 4.69) is 9.97 Å². The van der Waals surface area contributed by atoms with E-state index in [1.807, 2.05) is 17.0 Å². The molecule has 116 valence electrons. The van der Waals surface area contributed by atoms with Gasteiger partial charge in [-0.15, -0.1) is 11.3 Å². The Balaban J connectivity index is 1.55. The summed E-state index contributed by atoms with van der Waals surface area (Å²) in [6, 6.07) is 3.83. The Labute approximate surface area is 132 Å². The van der Waals surface area contributed by atoms with Gasteiger partial charge in [-0.3, -0.25) is 4.79 Å². The summed E-state index contributed by atoms with van der Waals surface area (Å²) in [6.45, 7) is 1.80. The van der Waals surface area contributed by atoms with Crippen LogP contribution >= 0.6 is 11.3 Å². The maximum atomic E-state index is 12.3. The number of morpholine rings is 1. The van der Waals surface area contributed by atoms with Crippen molar-refractivity contribution in [2.45, 2.75) is 18.9 Å². The number of carbonyl (C=O) groups excluding carboxylic acids is 1. The maximum absolute atomic E-state index is 12.3. The zero-order valence-corrected chi connectivity index (χ0v) is 13.0. The molecule has 6 nitrogen and oxygen atoms in total. The number of pyridine rings is 1. The number of thiazole rings is 1. The maximum Gasteiger partial charge on any atom is 0.273 e. The van der Waals surface area contributed by atoms with E-state index in [4.69, 9.17) is 10.5 Å². The van der Waals surface area contributed by atoms with Crippen molar-refractivity contribution in [1.82, 2.24) is 14.9 Å². The van der Waals surface area contributed by atoms with Crippen LogP contribution in [0.2, 0.25) is 0 Å². The van der Waals surface area contributed by atoms with E-state index < -0.39 is 0 Å². The Kier molecular flexibility index (Phi) is 4.65. The first-order chi connectivity index (χ1) is 10.7. The topological polar surface area (TPSA) is 81.3 Å². The number of hydrogen-bond donors (Lipinski definition) is 1. The van der Waals surface area contributed by atoms with Crippen LogP contribution in [0, 0.1) is 0 Å². The molecule has 1 saturated heterocycles. The van der Waals surface area contributed by atoms with Crippen LogP contribution in [0.25, 0.3) is 0 Å². The Bertz CT molecular complexity index is 632. The van der Waals surface area contributed by atoms with Gasteiger partial charge in [0.05, 0.1) is 18.2 Å². The molecular weight excluding hydrogens is 300 g/mol. The van der Waals surface area contributed by atoms with E-state index in [1.54, 1.807) is 17.1 Å². The van der Waals surface area contributed by atoms with Gasteiger partial charge < -0.3 is 15.4 Å². The van der Waals surface area contributed by atoms with Gasteiger partial charge in [0.1, 0.15) is 11.5 Å². The predicted molar refractivity (Wildman–Crippen MR) is 84.7 cm³/mol. The molecule has 3 heterocycles. The Morgan fingerprint density at radius 1 is 1.50 bits per heavy atom. The summed E-state index contributed by atoms with van der Waals surface area (Å²) in [5, 5.41) is 1.78. The molecule has 7 heteroatoms. The molecular formula is C15H18N4O2S. The summed E-state index contributed by atoms with van der Waals surface area (Å²) in [7, 11) is 0. The van der Waals surface area contributed by atoms with Crippen LogP contribution in [0.15, 0.2) is 29.2 Å². The zero-order valence-electron chi connectivity index (χ0n) is 12.1. The van der Waals surface area contributed by atoms with Gasteiger partial charge in [0.25, 0.3) is 5.91 Å². The third-order valence-corrected chi connectivity index (χ3v) is 4.26. The number of hydrogen-bond acceptors (Lipinski definition) is 6. The number of anilines is 1. The highest BCUT2D eigenvalue weighted by Crippen LogP contribution is 2.15. The van der Waals surface area contributed by atoms with Crippen molar-refractivity contribution in [2.75, 3.05) is 25.4 Å². The minimum atomic E-state index is -0.0114. The van der Waals surface area contributed by atoms with Gasteiger partial charge in [0, 0.05) is 24.7 Å². The average molecular weight is 318 g/mol. The zero-order chi connectivity index (χ0) is 15.4.